The van der Waals surface area contributed by atoms with Crippen molar-refractivity contribution < 1.29 is 19.1 Å². The molecule has 2 rings (SSSR count). The average Bonchev–Trinajstić information content (AvgIpc) is 2.59. The van der Waals surface area contributed by atoms with Gasteiger partial charge in [-0.25, -0.2) is 4.79 Å². The molecule has 0 bridgehead atoms. The SMILES string of the molecule is COCCCCCCOC(=O)c1ccc2cc(C=O)ccc2c1. The first kappa shape index (κ1) is 17.2. The van der Waals surface area contributed by atoms with Gasteiger partial charge < -0.3 is 9.47 Å². The van der Waals surface area contributed by atoms with Gasteiger partial charge in [0.1, 0.15) is 6.29 Å². The zero-order chi connectivity index (χ0) is 16.5. The quantitative estimate of drug-likeness (QED) is 0.398. The van der Waals surface area contributed by atoms with Crippen molar-refractivity contribution in [3.63, 3.8) is 0 Å². The third-order valence-electron chi connectivity index (χ3n) is 3.71. The first-order valence-corrected chi connectivity index (χ1v) is 7.89. The Labute approximate surface area is 136 Å². The van der Waals surface area contributed by atoms with Crippen LogP contribution in [0.1, 0.15) is 46.4 Å². The number of aldehydes is 1. The highest BCUT2D eigenvalue weighted by molar-refractivity contribution is 5.96. The third kappa shape index (κ3) is 5.18. The number of unbranched alkanes of at least 4 members (excludes halogenated alkanes) is 3. The molecule has 23 heavy (non-hydrogen) atoms. The summed E-state index contributed by atoms with van der Waals surface area (Å²) in [5.41, 5.74) is 1.16. The molecule has 0 saturated heterocycles. The maximum atomic E-state index is 12.0. The summed E-state index contributed by atoms with van der Waals surface area (Å²) < 4.78 is 10.3. The van der Waals surface area contributed by atoms with E-state index in [9.17, 15) is 9.59 Å². The molecule has 0 aliphatic heterocycles. The van der Waals surface area contributed by atoms with E-state index in [1.54, 1.807) is 31.4 Å². The van der Waals surface area contributed by atoms with Crippen molar-refractivity contribution in [1.29, 1.82) is 0 Å². The smallest absolute Gasteiger partial charge is 0.338 e. The van der Waals surface area contributed by atoms with Gasteiger partial charge in [-0.1, -0.05) is 24.6 Å². The summed E-state index contributed by atoms with van der Waals surface area (Å²) in [5.74, 6) is -0.303. The van der Waals surface area contributed by atoms with E-state index in [2.05, 4.69) is 0 Å². The molecule has 0 fully saturated rings. The molecular weight excluding hydrogens is 292 g/mol. The zero-order valence-electron chi connectivity index (χ0n) is 13.4. The number of benzene rings is 2. The Kier molecular flexibility index (Phi) is 6.76. The second kappa shape index (κ2) is 9.06. The average molecular weight is 314 g/mol. The molecule has 0 unspecified atom stereocenters. The topological polar surface area (TPSA) is 52.6 Å². The monoisotopic (exact) mass is 314 g/mol. The first-order chi connectivity index (χ1) is 11.2. The van der Waals surface area contributed by atoms with Crippen LogP contribution >= 0.6 is 0 Å². The summed E-state index contributed by atoms with van der Waals surface area (Å²) in [4.78, 5) is 22.8. The molecule has 0 saturated carbocycles. The van der Waals surface area contributed by atoms with Gasteiger partial charge in [-0.15, -0.1) is 0 Å². The van der Waals surface area contributed by atoms with Crippen LogP contribution < -0.4 is 0 Å². The van der Waals surface area contributed by atoms with Crippen LogP contribution in [0.25, 0.3) is 10.8 Å². The molecule has 0 aliphatic carbocycles. The van der Waals surface area contributed by atoms with Gasteiger partial charge in [-0.3, -0.25) is 4.79 Å². The number of hydrogen-bond acceptors (Lipinski definition) is 4. The highest BCUT2D eigenvalue weighted by Crippen LogP contribution is 2.18. The molecule has 0 radical (unpaired) electrons. The molecule has 2 aromatic carbocycles. The van der Waals surface area contributed by atoms with Crippen LogP contribution in [-0.2, 0) is 9.47 Å². The maximum absolute atomic E-state index is 12.0. The van der Waals surface area contributed by atoms with Crippen molar-refractivity contribution >= 4 is 23.0 Å². The van der Waals surface area contributed by atoms with Crippen molar-refractivity contribution in [2.75, 3.05) is 20.3 Å². The van der Waals surface area contributed by atoms with E-state index in [0.717, 1.165) is 49.3 Å². The van der Waals surface area contributed by atoms with E-state index in [0.29, 0.717) is 17.7 Å². The number of ether oxygens (including phenoxy) is 2. The van der Waals surface area contributed by atoms with Gasteiger partial charge in [0.25, 0.3) is 0 Å². The number of esters is 1. The van der Waals surface area contributed by atoms with Crippen molar-refractivity contribution in [2.24, 2.45) is 0 Å². The summed E-state index contributed by atoms with van der Waals surface area (Å²) >= 11 is 0. The fourth-order valence-corrected chi connectivity index (χ4v) is 2.41. The molecule has 0 heterocycles. The molecule has 122 valence electrons. The van der Waals surface area contributed by atoms with E-state index >= 15 is 0 Å². The molecule has 4 nitrogen and oxygen atoms in total. The predicted molar refractivity (Wildman–Crippen MR) is 90.0 cm³/mol. The number of methoxy groups -OCH3 is 1. The molecule has 4 heteroatoms. The molecule has 0 amide bonds. The van der Waals surface area contributed by atoms with Gasteiger partial charge in [0.2, 0.25) is 0 Å². The van der Waals surface area contributed by atoms with Crippen LogP contribution in [0.5, 0.6) is 0 Å². The second-order valence-corrected chi connectivity index (χ2v) is 5.48. The zero-order valence-corrected chi connectivity index (χ0v) is 13.4. The van der Waals surface area contributed by atoms with E-state index in [4.69, 9.17) is 9.47 Å². The summed E-state index contributed by atoms with van der Waals surface area (Å²) in [6.45, 7) is 1.22. The minimum Gasteiger partial charge on any atom is -0.462 e. The normalized spacial score (nSPS) is 10.7. The fourth-order valence-electron chi connectivity index (χ4n) is 2.41. The van der Waals surface area contributed by atoms with Crippen LogP contribution in [0.3, 0.4) is 0 Å². The van der Waals surface area contributed by atoms with E-state index in [-0.39, 0.29) is 5.97 Å². The lowest BCUT2D eigenvalue weighted by molar-refractivity contribution is 0.0497. The molecule has 0 aromatic heterocycles. The summed E-state index contributed by atoms with van der Waals surface area (Å²) in [6, 6.07) is 10.7. The number of fused-ring (bicyclic) bond motifs is 1. The van der Waals surface area contributed by atoms with Crippen molar-refractivity contribution in [3.8, 4) is 0 Å². The summed E-state index contributed by atoms with van der Waals surface area (Å²) in [7, 11) is 1.70. The van der Waals surface area contributed by atoms with Gasteiger partial charge in [-0.2, -0.15) is 0 Å². The fraction of sp³-hybridized carbons (Fsp3) is 0.368. The number of carbonyl (C=O) groups excluding carboxylic acids is 2. The van der Waals surface area contributed by atoms with Crippen LogP contribution in [0.15, 0.2) is 36.4 Å². The minimum atomic E-state index is -0.303. The molecule has 0 atom stereocenters. The minimum absolute atomic E-state index is 0.303. The van der Waals surface area contributed by atoms with Gasteiger partial charge in [0, 0.05) is 19.3 Å². The lowest BCUT2D eigenvalue weighted by Crippen LogP contribution is -2.06. The van der Waals surface area contributed by atoms with E-state index in [1.165, 1.54) is 0 Å². The van der Waals surface area contributed by atoms with Crippen molar-refractivity contribution in [2.45, 2.75) is 25.7 Å². The van der Waals surface area contributed by atoms with Crippen molar-refractivity contribution in [1.82, 2.24) is 0 Å². The Morgan fingerprint density at radius 3 is 2.39 bits per heavy atom. The van der Waals surface area contributed by atoms with Gasteiger partial charge in [0.15, 0.2) is 0 Å². The molecule has 0 spiro atoms. The van der Waals surface area contributed by atoms with Gasteiger partial charge >= 0.3 is 5.97 Å². The summed E-state index contributed by atoms with van der Waals surface area (Å²) in [6.07, 6.45) is 4.83. The predicted octanol–water partition coefficient (Wildman–Crippen LogP) is 4.02. The second-order valence-electron chi connectivity index (χ2n) is 5.48. The Balaban J connectivity index is 1.85. The van der Waals surface area contributed by atoms with Gasteiger partial charge in [-0.05, 0) is 48.2 Å². The Bertz CT molecular complexity index is 663. The molecule has 0 aliphatic rings. The Morgan fingerprint density at radius 1 is 0.957 bits per heavy atom. The third-order valence-corrected chi connectivity index (χ3v) is 3.71. The molecule has 0 N–H and O–H groups in total. The lowest BCUT2D eigenvalue weighted by Gasteiger charge is -2.06. The standard InChI is InChI=1S/C19H22O4/c1-22-10-4-2-3-5-11-23-19(21)18-9-8-16-12-15(14-20)6-7-17(16)13-18/h6-9,12-14H,2-5,10-11H2,1H3. The Hall–Kier alpha value is -2.20. The molecular formula is C19H22O4. The van der Waals surface area contributed by atoms with Crippen molar-refractivity contribution in [3.05, 3.63) is 47.5 Å². The summed E-state index contributed by atoms with van der Waals surface area (Å²) in [5, 5.41) is 1.86. The van der Waals surface area contributed by atoms with E-state index in [1.807, 2.05) is 12.1 Å². The van der Waals surface area contributed by atoms with Crippen LogP contribution in [0.2, 0.25) is 0 Å². The lowest BCUT2D eigenvalue weighted by atomic mass is 10.0. The van der Waals surface area contributed by atoms with Crippen LogP contribution in [0, 0.1) is 0 Å². The van der Waals surface area contributed by atoms with Crippen LogP contribution in [-0.4, -0.2) is 32.6 Å². The number of hydrogen-bond donors (Lipinski definition) is 0. The van der Waals surface area contributed by atoms with Crippen LogP contribution in [0.4, 0.5) is 0 Å². The largest absolute Gasteiger partial charge is 0.462 e. The van der Waals surface area contributed by atoms with E-state index < -0.39 is 0 Å². The maximum Gasteiger partial charge on any atom is 0.338 e. The highest BCUT2D eigenvalue weighted by atomic mass is 16.5. The Morgan fingerprint density at radius 2 is 1.65 bits per heavy atom. The highest BCUT2D eigenvalue weighted by Gasteiger charge is 2.08. The number of carbonyl (C=O) groups is 2. The first-order valence-electron chi connectivity index (χ1n) is 7.89. The van der Waals surface area contributed by atoms with Gasteiger partial charge in [0.05, 0.1) is 12.2 Å². The number of rotatable bonds is 9. The molecule has 2 aromatic rings.